The first-order valence-corrected chi connectivity index (χ1v) is 6.42. The van der Waals surface area contributed by atoms with E-state index in [-0.39, 0.29) is 0 Å². The molecule has 0 spiro atoms. The van der Waals surface area contributed by atoms with E-state index < -0.39 is 0 Å². The van der Waals surface area contributed by atoms with E-state index in [0.717, 1.165) is 31.7 Å². The maximum absolute atomic E-state index is 5.85. The first-order chi connectivity index (χ1) is 8.27. The minimum absolute atomic E-state index is 0.556. The van der Waals surface area contributed by atoms with E-state index in [9.17, 15) is 0 Å². The van der Waals surface area contributed by atoms with E-state index in [0.29, 0.717) is 6.04 Å². The van der Waals surface area contributed by atoms with Gasteiger partial charge in [0.25, 0.3) is 0 Å². The molecular weight excluding hydrogens is 210 g/mol. The summed E-state index contributed by atoms with van der Waals surface area (Å²) >= 11 is 0. The maximum Gasteiger partial charge on any atom is 0.123 e. The van der Waals surface area contributed by atoms with Crippen LogP contribution < -0.4 is 10.1 Å². The van der Waals surface area contributed by atoms with Crippen molar-refractivity contribution in [2.24, 2.45) is 0 Å². The second-order valence-corrected chi connectivity index (χ2v) is 4.74. The van der Waals surface area contributed by atoms with Gasteiger partial charge >= 0.3 is 0 Å². The quantitative estimate of drug-likeness (QED) is 0.760. The summed E-state index contributed by atoms with van der Waals surface area (Å²) in [5.41, 5.74) is 2.65. The topological polar surface area (TPSA) is 21.3 Å². The van der Waals surface area contributed by atoms with Crippen LogP contribution in [0.2, 0.25) is 0 Å². The van der Waals surface area contributed by atoms with Gasteiger partial charge in [-0.05, 0) is 31.0 Å². The Balaban J connectivity index is 1.79. The molecule has 0 saturated carbocycles. The van der Waals surface area contributed by atoms with E-state index in [1.807, 2.05) is 0 Å². The summed E-state index contributed by atoms with van der Waals surface area (Å²) in [6, 6.07) is 6.84. The highest BCUT2D eigenvalue weighted by molar-refractivity contribution is 5.63. The van der Waals surface area contributed by atoms with Gasteiger partial charge in [0.15, 0.2) is 0 Å². The van der Waals surface area contributed by atoms with E-state index in [4.69, 9.17) is 4.74 Å². The fraction of sp³-hybridized carbons (Fsp3) is 0.467. The zero-order valence-corrected chi connectivity index (χ0v) is 10.7. The van der Waals surface area contributed by atoms with Crippen molar-refractivity contribution >= 4 is 6.08 Å². The molecule has 0 aliphatic heterocycles. The molecule has 0 saturated heterocycles. The Kier molecular flexibility index (Phi) is 4.21. The third-order valence-corrected chi connectivity index (χ3v) is 2.92. The van der Waals surface area contributed by atoms with Crippen LogP contribution in [-0.4, -0.2) is 19.2 Å². The lowest BCUT2D eigenvalue weighted by Gasteiger charge is -2.12. The fourth-order valence-corrected chi connectivity index (χ4v) is 2.04. The van der Waals surface area contributed by atoms with Crippen LogP contribution in [0.3, 0.4) is 0 Å². The van der Waals surface area contributed by atoms with Crippen molar-refractivity contribution in [3.63, 3.8) is 0 Å². The van der Waals surface area contributed by atoms with Gasteiger partial charge in [-0.15, -0.1) is 0 Å². The second-order valence-electron chi connectivity index (χ2n) is 4.74. The summed E-state index contributed by atoms with van der Waals surface area (Å²) in [6.07, 6.45) is 6.42. The molecule has 1 aliphatic carbocycles. The number of fused-ring (bicyclic) bond motifs is 1. The van der Waals surface area contributed by atoms with E-state index in [2.05, 4.69) is 49.5 Å². The van der Waals surface area contributed by atoms with Crippen LogP contribution in [0.5, 0.6) is 5.75 Å². The molecule has 92 valence electrons. The molecule has 1 aromatic rings. The van der Waals surface area contributed by atoms with Crippen molar-refractivity contribution in [1.29, 1.82) is 0 Å². The molecule has 0 bridgehead atoms. The predicted octanol–water partition coefficient (Wildman–Crippen LogP) is 3.02. The van der Waals surface area contributed by atoms with Crippen molar-refractivity contribution in [1.82, 2.24) is 5.32 Å². The lowest BCUT2D eigenvalue weighted by atomic mass is 10.1. The molecule has 0 unspecified atom stereocenters. The third-order valence-electron chi connectivity index (χ3n) is 2.92. The van der Waals surface area contributed by atoms with Crippen LogP contribution in [0.1, 0.15) is 31.4 Å². The van der Waals surface area contributed by atoms with Crippen molar-refractivity contribution in [2.75, 3.05) is 13.2 Å². The molecule has 0 fully saturated rings. The predicted molar refractivity (Wildman–Crippen MR) is 72.4 cm³/mol. The van der Waals surface area contributed by atoms with Crippen molar-refractivity contribution < 1.29 is 4.74 Å². The van der Waals surface area contributed by atoms with E-state index >= 15 is 0 Å². The molecule has 0 amide bonds. The Morgan fingerprint density at radius 3 is 3.06 bits per heavy atom. The molecule has 1 N–H and O–H groups in total. The highest BCUT2D eigenvalue weighted by Crippen LogP contribution is 2.28. The first-order valence-electron chi connectivity index (χ1n) is 6.42. The first kappa shape index (κ1) is 12.2. The largest absolute Gasteiger partial charge is 0.493 e. The maximum atomic E-state index is 5.85. The molecule has 0 aromatic heterocycles. The van der Waals surface area contributed by atoms with Crippen molar-refractivity contribution in [3.05, 3.63) is 35.4 Å². The molecule has 17 heavy (non-hydrogen) atoms. The molecule has 2 heteroatoms. The van der Waals surface area contributed by atoms with Crippen LogP contribution >= 0.6 is 0 Å². The third kappa shape index (κ3) is 3.34. The Morgan fingerprint density at radius 1 is 1.35 bits per heavy atom. The van der Waals surface area contributed by atoms with Gasteiger partial charge in [-0.2, -0.15) is 0 Å². The van der Waals surface area contributed by atoms with Gasteiger partial charge in [-0.25, -0.2) is 0 Å². The number of hydrogen-bond acceptors (Lipinski definition) is 2. The molecular formula is C15H21NO. The molecule has 0 heterocycles. The Hall–Kier alpha value is -1.28. The summed E-state index contributed by atoms with van der Waals surface area (Å²) in [4.78, 5) is 0. The van der Waals surface area contributed by atoms with E-state index in [1.54, 1.807) is 0 Å². The second kappa shape index (κ2) is 5.87. The Bertz CT molecular complexity index is 396. The summed E-state index contributed by atoms with van der Waals surface area (Å²) < 4.78 is 5.85. The Labute approximate surface area is 104 Å². The Morgan fingerprint density at radius 2 is 2.24 bits per heavy atom. The number of allylic oxidation sites excluding steroid dienone is 1. The summed E-state index contributed by atoms with van der Waals surface area (Å²) in [5.74, 6) is 1.05. The van der Waals surface area contributed by atoms with Crippen LogP contribution in [0.15, 0.2) is 24.3 Å². The monoisotopic (exact) mass is 231 g/mol. The van der Waals surface area contributed by atoms with Gasteiger partial charge in [0, 0.05) is 11.6 Å². The zero-order valence-electron chi connectivity index (χ0n) is 10.7. The molecule has 1 aliphatic rings. The van der Waals surface area contributed by atoms with Gasteiger partial charge in [0.2, 0.25) is 0 Å². The number of nitrogens with one attached hydrogen (secondary N) is 1. The van der Waals surface area contributed by atoms with Crippen molar-refractivity contribution in [3.8, 4) is 5.75 Å². The van der Waals surface area contributed by atoms with Crippen molar-refractivity contribution in [2.45, 2.75) is 32.7 Å². The molecule has 0 radical (unpaired) electrons. The van der Waals surface area contributed by atoms with Gasteiger partial charge in [-0.3, -0.25) is 0 Å². The smallest absolute Gasteiger partial charge is 0.123 e. The molecule has 2 rings (SSSR count). The SMILES string of the molecule is CC(C)NCCCOc1cccc2c1CC=C2. The lowest BCUT2D eigenvalue weighted by Crippen LogP contribution is -2.24. The van der Waals surface area contributed by atoms with Gasteiger partial charge in [0.1, 0.15) is 5.75 Å². The number of hydrogen-bond donors (Lipinski definition) is 1. The van der Waals surface area contributed by atoms with Gasteiger partial charge in [0.05, 0.1) is 6.61 Å². The normalized spacial score (nSPS) is 13.1. The van der Waals surface area contributed by atoms with Crippen LogP contribution in [-0.2, 0) is 6.42 Å². The summed E-state index contributed by atoms with van der Waals surface area (Å²) in [7, 11) is 0. The van der Waals surface area contributed by atoms with Gasteiger partial charge < -0.3 is 10.1 Å². The zero-order chi connectivity index (χ0) is 12.1. The lowest BCUT2D eigenvalue weighted by molar-refractivity contribution is 0.304. The summed E-state index contributed by atoms with van der Waals surface area (Å²) in [5, 5.41) is 3.39. The van der Waals surface area contributed by atoms with Crippen LogP contribution in [0.4, 0.5) is 0 Å². The van der Waals surface area contributed by atoms with E-state index in [1.165, 1.54) is 11.1 Å². The molecule has 0 atom stereocenters. The minimum atomic E-state index is 0.556. The molecule has 1 aromatic carbocycles. The number of rotatable bonds is 6. The minimum Gasteiger partial charge on any atom is -0.493 e. The standard InChI is InChI=1S/C15H21NO/c1-12(2)16-10-5-11-17-15-9-4-7-13-6-3-8-14(13)15/h3-4,6-7,9,12,16H,5,8,10-11H2,1-2H3. The van der Waals surface area contributed by atoms with Crippen LogP contribution in [0, 0.1) is 0 Å². The highest BCUT2D eigenvalue weighted by atomic mass is 16.5. The molecule has 2 nitrogen and oxygen atoms in total. The summed E-state index contributed by atoms with van der Waals surface area (Å²) in [6.45, 7) is 6.13. The number of ether oxygens (including phenoxy) is 1. The fourth-order valence-electron chi connectivity index (χ4n) is 2.04. The number of benzene rings is 1. The average Bonchev–Trinajstić information content (AvgIpc) is 2.77. The van der Waals surface area contributed by atoms with Gasteiger partial charge in [-0.1, -0.05) is 38.1 Å². The highest BCUT2D eigenvalue weighted by Gasteiger charge is 2.10. The van der Waals surface area contributed by atoms with Crippen LogP contribution in [0.25, 0.3) is 6.08 Å². The average molecular weight is 231 g/mol.